The molecule has 2 N–H and O–H groups in total. The van der Waals surface area contributed by atoms with Crippen molar-refractivity contribution in [3.05, 3.63) is 60.9 Å². The molecule has 0 aliphatic rings. The molecule has 6 nitrogen and oxygen atoms in total. The molecule has 1 heterocycles. The van der Waals surface area contributed by atoms with E-state index in [1.807, 2.05) is 41.2 Å². The van der Waals surface area contributed by atoms with Gasteiger partial charge in [0.15, 0.2) is 5.96 Å². The van der Waals surface area contributed by atoms with E-state index in [2.05, 4.69) is 27.3 Å². The van der Waals surface area contributed by atoms with Crippen LogP contribution in [0.4, 0.5) is 0 Å². The first-order valence-corrected chi connectivity index (χ1v) is 8.07. The summed E-state index contributed by atoms with van der Waals surface area (Å²) in [5.41, 5.74) is 1.08. The second-order valence-corrected chi connectivity index (χ2v) is 5.18. The van der Waals surface area contributed by atoms with Crippen LogP contribution in [0.5, 0.6) is 5.75 Å². The van der Waals surface area contributed by atoms with E-state index in [0.717, 1.165) is 36.8 Å². The van der Waals surface area contributed by atoms with Crippen molar-refractivity contribution >= 4 is 5.96 Å². The minimum Gasteiger partial charge on any atom is -0.489 e. The fraction of sp³-hybridized carbons (Fsp3) is 0.333. The highest BCUT2D eigenvalue weighted by Crippen LogP contribution is 2.17. The molecule has 0 fully saturated rings. The van der Waals surface area contributed by atoms with Crippen molar-refractivity contribution in [2.45, 2.75) is 19.5 Å². The van der Waals surface area contributed by atoms with E-state index < -0.39 is 0 Å². The maximum absolute atomic E-state index is 5.66. The third kappa shape index (κ3) is 5.79. The van der Waals surface area contributed by atoms with Gasteiger partial charge in [-0.05, 0) is 18.6 Å². The number of ether oxygens (including phenoxy) is 1. The number of guanidine groups is 1. The quantitative estimate of drug-likeness (QED) is 0.321. The van der Waals surface area contributed by atoms with Crippen LogP contribution in [0.2, 0.25) is 0 Å². The number of nitrogens with zero attached hydrogens (tertiary/aromatic N) is 3. The molecule has 0 bridgehead atoms. The van der Waals surface area contributed by atoms with Crippen molar-refractivity contribution in [2.24, 2.45) is 4.99 Å². The summed E-state index contributed by atoms with van der Waals surface area (Å²) in [6.07, 6.45) is 6.47. The lowest BCUT2D eigenvalue weighted by Gasteiger charge is -2.14. The van der Waals surface area contributed by atoms with Gasteiger partial charge in [0.2, 0.25) is 0 Å². The Balaban J connectivity index is 1.76. The van der Waals surface area contributed by atoms with Gasteiger partial charge in [0.05, 0.1) is 0 Å². The molecule has 0 radical (unpaired) electrons. The topological polar surface area (TPSA) is 63.5 Å². The molecule has 1 aromatic heterocycles. The van der Waals surface area contributed by atoms with Gasteiger partial charge in [-0.2, -0.15) is 5.10 Å². The first-order valence-electron chi connectivity index (χ1n) is 8.07. The number of aliphatic imine (C=N–C) groups is 1. The second kappa shape index (κ2) is 10.1. The third-order valence-electron chi connectivity index (χ3n) is 3.41. The Hall–Kier alpha value is -2.76. The Bertz CT molecular complexity index is 637. The summed E-state index contributed by atoms with van der Waals surface area (Å²) < 4.78 is 7.59. The van der Waals surface area contributed by atoms with Crippen molar-refractivity contribution in [1.82, 2.24) is 20.4 Å². The lowest BCUT2D eigenvalue weighted by atomic mass is 10.2. The van der Waals surface area contributed by atoms with Crippen LogP contribution < -0.4 is 15.4 Å². The zero-order chi connectivity index (χ0) is 17.0. The van der Waals surface area contributed by atoms with Crippen LogP contribution in [0.15, 0.2) is 60.4 Å². The molecule has 0 saturated carbocycles. The number of benzene rings is 1. The van der Waals surface area contributed by atoms with Crippen LogP contribution in [0.1, 0.15) is 12.0 Å². The molecule has 0 amide bonds. The molecule has 0 aliphatic heterocycles. The van der Waals surface area contributed by atoms with E-state index in [0.29, 0.717) is 13.2 Å². The maximum atomic E-state index is 5.66. The Labute approximate surface area is 143 Å². The highest BCUT2D eigenvalue weighted by atomic mass is 16.5. The number of hydrogen-bond donors (Lipinski definition) is 2. The average molecular weight is 327 g/mol. The number of aryl methyl sites for hydroxylation is 1. The predicted octanol–water partition coefficient (Wildman–Crippen LogP) is 2.20. The molecule has 0 saturated heterocycles. The fourth-order valence-electron chi connectivity index (χ4n) is 2.22. The second-order valence-electron chi connectivity index (χ2n) is 5.18. The van der Waals surface area contributed by atoms with E-state index in [9.17, 15) is 0 Å². The predicted molar refractivity (Wildman–Crippen MR) is 97.2 cm³/mol. The summed E-state index contributed by atoms with van der Waals surface area (Å²) >= 11 is 0. The van der Waals surface area contributed by atoms with E-state index in [1.54, 1.807) is 19.3 Å². The molecule has 24 heavy (non-hydrogen) atoms. The van der Waals surface area contributed by atoms with Crippen molar-refractivity contribution in [3.8, 4) is 5.75 Å². The van der Waals surface area contributed by atoms with Crippen LogP contribution in [-0.2, 0) is 13.1 Å². The number of aromatic nitrogens is 2. The molecule has 0 aliphatic carbocycles. The van der Waals surface area contributed by atoms with Gasteiger partial charge < -0.3 is 15.4 Å². The van der Waals surface area contributed by atoms with E-state index >= 15 is 0 Å². The first kappa shape index (κ1) is 17.6. The van der Waals surface area contributed by atoms with Crippen LogP contribution >= 0.6 is 0 Å². The van der Waals surface area contributed by atoms with Crippen molar-refractivity contribution in [2.75, 3.05) is 20.2 Å². The van der Waals surface area contributed by atoms with Gasteiger partial charge in [-0.25, -0.2) is 0 Å². The minimum atomic E-state index is 0.497. The molecular formula is C18H25N5O. The monoisotopic (exact) mass is 327 g/mol. The molecule has 0 atom stereocenters. The molecule has 1 aromatic carbocycles. The molecule has 128 valence electrons. The van der Waals surface area contributed by atoms with Crippen LogP contribution in [0.25, 0.3) is 0 Å². The smallest absolute Gasteiger partial charge is 0.191 e. The SMILES string of the molecule is C=CCOc1ccccc1CNC(=NC)NCCCn1cccn1. The van der Waals surface area contributed by atoms with Gasteiger partial charge in [0.1, 0.15) is 12.4 Å². The van der Waals surface area contributed by atoms with Gasteiger partial charge in [0, 0.05) is 44.6 Å². The summed E-state index contributed by atoms with van der Waals surface area (Å²) in [5.74, 6) is 1.63. The number of rotatable bonds is 9. The van der Waals surface area contributed by atoms with Crippen LogP contribution in [0.3, 0.4) is 0 Å². The Morgan fingerprint density at radius 1 is 1.33 bits per heavy atom. The molecule has 6 heteroatoms. The number of para-hydroxylation sites is 1. The van der Waals surface area contributed by atoms with Crippen molar-refractivity contribution < 1.29 is 4.74 Å². The Morgan fingerprint density at radius 3 is 2.96 bits per heavy atom. The zero-order valence-electron chi connectivity index (χ0n) is 14.1. The lowest BCUT2D eigenvalue weighted by molar-refractivity contribution is 0.358. The summed E-state index contributed by atoms with van der Waals surface area (Å²) in [6, 6.07) is 9.89. The normalized spacial score (nSPS) is 11.1. The number of nitrogens with one attached hydrogen (secondary N) is 2. The zero-order valence-corrected chi connectivity index (χ0v) is 14.1. The van der Waals surface area contributed by atoms with Crippen LogP contribution in [-0.4, -0.2) is 35.9 Å². The van der Waals surface area contributed by atoms with Gasteiger partial charge in [-0.15, -0.1) is 0 Å². The lowest BCUT2D eigenvalue weighted by Crippen LogP contribution is -2.37. The highest BCUT2D eigenvalue weighted by Gasteiger charge is 2.04. The third-order valence-corrected chi connectivity index (χ3v) is 3.41. The summed E-state index contributed by atoms with van der Waals surface area (Å²) in [4.78, 5) is 4.24. The summed E-state index contributed by atoms with van der Waals surface area (Å²) in [5, 5.41) is 10.8. The Kier molecular flexibility index (Phi) is 7.40. The molecule has 0 unspecified atom stereocenters. The average Bonchev–Trinajstić information content (AvgIpc) is 3.13. The maximum Gasteiger partial charge on any atom is 0.191 e. The van der Waals surface area contributed by atoms with Gasteiger partial charge >= 0.3 is 0 Å². The van der Waals surface area contributed by atoms with Gasteiger partial charge in [-0.3, -0.25) is 9.67 Å². The van der Waals surface area contributed by atoms with E-state index in [-0.39, 0.29) is 0 Å². The summed E-state index contributed by atoms with van der Waals surface area (Å²) in [7, 11) is 1.77. The van der Waals surface area contributed by atoms with Gasteiger partial charge in [-0.1, -0.05) is 30.9 Å². The van der Waals surface area contributed by atoms with Gasteiger partial charge in [0.25, 0.3) is 0 Å². The standard InChI is InChI=1S/C18H25N5O/c1-3-14-24-17-9-5-4-8-16(17)15-21-18(19-2)20-10-6-12-23-13-7-11-22-23/h3-5,7-9,11,13H,1,6,10,12,14-15H2,2H3,(H2,19,20,21). The molecule has 2 aromatic rings. The molecule has 0 spiro atoms. The number of hydrogen-bond acceptors (Lipinski definition) is 3. The fourth-order valence-corrected chi connectivity index (χ4v) is 2.22. The first-order chi connectivity index (χ1) is 11.8. The van der Waals surface area contributed by atoms with Crippen molar-refractivity contribution in [3.63, 3.8) is 0 Å². The van der Waals surface area contributed by atoms with Crippen molar-refractivity contribution in [1.29, 1.82) is 0 Å². The molecular weight excluding hydrogens is 302 g/mol. The van der Waals surface area contributed by atoms with Crippen LogP contribution in [0, 0.1) is 0 Å². The van der Waals surface area contributed by atoms with E-state index in [4.69, 9.17) is 4.74 Å². The largest absolute Gasteiger partial charge is 0.489 e. The van der Waals surface area contributed by atoms with E-state index in [1.165, 1.54) is 0 Å². The molecule has 2 rings (SSSR count). The summed E-state index contributed by atoms with van der Waals surface area (Å²) in [6.45, 7) is 6.53. The Morgan fingerprint density at radius 2 is 2.21 bits per heavy atom. The highest BCUT2D eigenvalue weighted by molar-refractivity contribution is 5.79. The minimum absolute atomic E-state index is 0.497.